The SMILES string of the molecule is COc1ccc(Nc2cc(N(Cc3ccccc3)N=O)ncn2)cc1. The highest BCUT2D eigenvalue weighted by molar-refractivity contribution is 5.59. The van der Waals surface area contributed by atoms with E-state index < -0.39 is 0 Å². The van der Waals surface area contributed by atoms with Crippen LogP contribution in [0.1, 0.15) is 5.56 Å². The van der Waals surface area contributed by atoms with Gasteiger partial charge in [-0.25, -0.2) is 15.0 Å². The molecular formula is C18H17N5O2. The lowest BCUT2D eigenvalue weighted by Crippen LogP contribution is -2.16. The van der Waals surface area contributed by atoms with E-state index in [0.717, 1.165) is 17.0 Å². The molecule has 2 aromatic carbocycles. The summed E-state index contributed by atoms with van der Waals surface area (Å²) < 4.78 is 5.13. The monoisotopic (exact) mass is 335 g/mol. The van der Waals surface area contributed by atoms with Crippen molar-refractivity contribution in [1.82, 2.24) is 9.97 Å². The van der Waals surface area contributed by atoms with Gasteiger partial charge in [0.1, 0.15) is 17.9 Å². The van der Waals surface area contributed by atoms with Gasteiger partial charge in [0.2, 0.25) is 0 Å². The molecule has 7 nitrogen and oxygen atoms in total. The third-order valence-corrected chi connectivity index (χ3v) is 3.55. The number of hydrogen-bond donors (Lipinski definition) is 1. The summed E-state index contributed by atoms with van der Waals surface area (Å²) in [4.78, 5) is 19.5. The molecule has 0 spiro atoms. The van der Waals surface area contributed by atoms with Crippen molar-refractivity contribution in [3.8, 4) is 5.75 Å². The molecule has 0 atom stereocenters. The van der Waals surface area contributed by atoms with E-state index in [9.17, 15) is 4.91 Å². The summed E-state index contributed by atoms with van der Waals surface area (Å²) >= 11 is 0. The number of nitrogens with one attached hydrogen (secondary N) is 1. The Morgan fingerprint density at radius 3 is 2.52 bits per heavy atom. The van der Waals surface area contributed by atoms with Crippen LogP contribution >= 0.6 is 0 Å². The highest BCUT2D eigenvalue weighted by Gasteiger charge is 2.10. The lowest BCUT2D eigenvalue weighted by atomic mass is 10.2. The highest BCUT2D eigenvalue weighted by Crippen LogP contribution is 2.22. The second-order valence-corrected chi connectivity index (χ2v) is 5.24. The van der Waals surface area contributed by atoms with E-state index in [4.69, 9.17) is 4.74 Å². The molecule has 0 aliphatic rings. The molecule has 1 aromatic heterocycles. The predicted octanol–water partition coefficient (Wildman–Crippen LogP) is 3.92. The summed E-state index contributed by atoms with van der Waals surface area (Å²) in [5, 5.41) is 7.52. The molecule has 0 aliphatic carbocycles. The second kappa shape index (κ2) is 7.87. The lowest BCUT2D eigenvalue weighted by molar-refractivity contribution is 0.415. The maximum absolute atomic E-state index is 11.2. The predicted molar refractivity (Wildman–Crippen MR) is 96.7 cm³/mol. The number of aromatic nitrogens is 2. The molecule has 0 unspecified atom stereocenters. The van der Waals surface area contributed by atoms with Crippen LogP contribution in [-0.4, -0.2) is 17.1 Å². The molecule has 0 saturated carbocycles. The molecule has 25 heavy (non-hydrogen) atoms. The maximum Gasteiger partial charge on any atom is 0.157 e. The molecule has 3 aromatic rings. The van der Waals surface area contributed by atoms with Crippen molar-refractivity contribution in [3.05, 3.63) is 77.5 Å². The van der Waals surface area contributed by atoms with Crippen molar-refractivity contribution in [2.75, 3.05) is 17.4 Å². The smallest absolute Gasteiger partial charge is 0.157 e. The summed E-state index contributed by atoms with van der Waals surface area (Å²) in [5.41, 5.74) is 1.81. The van der Waals surface area contributed by atoms with Gasteiger partial charge >= 0.3 is 0 Å². The standard InChI is InChI=1S/C18H17N5O2/c1-25-16-9-7-15(8-10-16)21-17-11-18(20-13-19-17)23(22-24)12-14-5-3-2-4-6-14/h2-11,13H,12H2,1H3,(H,19,20,21). The van der Waals surface area contributed by atoms with Crippen LogP contribution in [0, 0.1) is 4.91 Å². The van der Waals surface area contributed by atoms with Gasteiger partial charge in [-0.05, 0) is 29.8 Å². The number of benzene rings is 2. The van der Waals surface area contributed by atoms with E-state index >= 15 is 0 Å². The van der Waals surface area contributed by atoms with E-state index in [1.165, 1.54) is 11.3 Å². The largest absolute Gasteiger partial charge is 0.497 e. The van der Waals surface area contributed by atoms with Crippen molar-refractivity contribution in [1.29, 1.82) is 0 Å². The normalized spacial score (nSPS) is 10.1. The first-order chi connectivity index (χ1) is 12.3. The first-order valence-electron chi connectivity index (χ1n) is 7.66. The van der Waals surface area contributed by atoms with Gasteiger partial charge in [-0.3, -0.25) is 0 Å². The highest BCUT2D eigenvalue weighted by atomic mass is 16.5. The Labute approximate surface area is 145 Å². The van der Waals surface area contributed by atoms with Crippen LogP contribution in [0.15, 0.2) is 72.3 Å². The molecule has 1 N–H and O–H groups in total. The van der Waals surface area contributed by atoms with Crippen LogP contribution in [0.5, 0.6) is 5.75 Å². The number of rotatable bonds is 7. The van der Waals surface area contributed by atoms with Crippen LogP contribution in [-0.2, 0) is 6.54 Å². The molecule has 0 aliphatic heterocycles. The number of hydrogen-bond acceptors (Lipinski definition) is 6. The number of nitrogens with zero attached hydrogens (tertiary/aromatic N) is 4. The van der Waals surface area contributed by atoms with E-state index in [-0.39, 0.29) is 0 Å². The van der Waals surface area contributed by atoms with Crippen LogP contribution in [0.2, 0.25) is 0 Å². The number of ether oxygens (including phenoxy) is 1. The molecule has 0 radical (unpaired) electrons. The summed E-state index contributed by atoms with van der Waals surface area (Å²) in [5.74, 6) is 1.76. The van der Waals surface area contributed by atoms with E-state index in [2.05, 4.69) is 20.6 Å². The quantitative estimate of drug-likeness (QED) is 0.521. The van der Waals surface area contributed by atoms with Crippen molar-refractivity contribution in [2.24, 2.45) is 5.29 Å². The Morgan fingerprint density at radius 1 is 1.08 bits per heavy atom. The van der Waals surface area contributed by atoms with E-state index in [1.807, 2.05) is 54.6 Å². The molecule has 1 heterocycles. The van der Waals surface area contributed by atoms with Gasteiger partial charge in [0, 0.05) is 11.8 Å². The van der Waals surface area contributed by atoms with Crippen molar-refractivity contribution in [2.45, 2.75) is 6.54 Å². The van der Waals surface area contributed by atoms with Crippen LogP contribution in [0.4, 0.5) is 17.3 Å². The average Bonchev–Trinajstić information content (AvgIpc) is 2.68. The summed E-state index contributed by atoms with van der Waals surface area (Å²) in [6.07, 6.45) is 1.39. The van der Waals surface area contributed by atoms with Gasteiger partial charge < -0.3 is 10.1 Å². The van der Waals surface area contributed by atoms with E-state index in [1.54, 1.807) is 13.2 Å². The minimum Gasteiger partial charge on any atom is -0.497 e. The molecule has 0 fully saturated rings. The zero-order chi connectivity index (χ0) is 17.5. The van der Waals surface area contributed by atoms with Gasteiger partial charge in [0.25, 0.3) is 0 Å². The molecule has 126 valence electrons. The third-order valence-electron chi connectivity index (χ3n) is 3.55. The van der Waals surface area contributed by atoms with Crippen LogP contribution in [0.3, 0.4) is 0 Å². The summed E-state index contributed by atoms with van der Waals surface area (Å²) in [6.45, 7) is 0.337. The van der Waals surface area contributed by atoms with Crippen LogP contribution < -0.4 is 15.1 Å². The Hall–Kier alpha value is -3.48. The first-order valence-corrected chi connectivity index (χ1v) is 7.66. The average molecular weight is 335 g/mol. The zero-order valence-electron chi connectivity index (χ0n) is 13.7. The van der Waals surface area contributed by atoms with Gasteiger partial charge in [-0.2, -0.15) is 0 Å². The summed E-state index contributed by atoms with van der Waals surface area (Å²) in [7, 11) is 1.62. The summed E-state index contributed by atoms with van der Waals surface area (Å²) in [6, 6.07) is 18.7. The topological polar surface area (TPSA) is 79.7 Å². The maximum atomic E-state index is 11.2. The van der Waals surface area contributed by atoms with Gasteiger partial charge in [-0.15, -0.1) is 4.91 Å². The molecule has 0 saturated heterocycles. The third kappa shape index (κ3) is 4.29. The van der Waals surface area contributed by atoms with Gasteiger partial charge in [-0.1, -0.05) is 30.3 Å². The van der Waals surface area contributed by atoms with Crippen molar-refractivity contribution >= 4 is 17.3 Å². The van der Waals surface area contributed by atoms with Crippen molar-refractivity contribution < 1.29 is 4.74 Å². The molecule has 0 bridgehead atoms. The van der Waals surface area contributed by atoms with Gasteiger partial charge in [0.05, 0.1) is 18.9 Å². The fourth-order valence-corrected chi connectivity index (χ4v) is 2.29. The number of methoxy groups -OCH3 is 1. The van der Waals surface area contributed by atoms with Crippen LogP contribution in [0.25, 0.3) is 0 Å². The number of anilines is 3. The minimum absolute atomic E-state index is 0.337. The van der Waals surface area contributed by atoms with Gasteiger partial charge in [0.15, 0.2) is 5.82 Å². The molecule has 0 amide bonds. The first kappa shape index (κ1) is 16.4. The molecule has 3 rings (SSSR count). The Kier molecular flexibility index (Phi) is 5.16. The lowest BCUT2D eigenvalue weighted by Gasteiger charge is -2.15. The molecular weight excluding hydrogens is 318 g/mol. The second-order valence-electron chi connectivity index (χ2n) is 5.24. The minimum atomic E-state index is 0.337. The molecule has 7 heteroatoms. The zero-order valence-corrected chi connectivity index (χ0v) is 13.7. The fraction of sp³-hybridized carbons (Fsp3) is 0.111. The fourth-order valence-electron chi connectivity index (χ4n) is 2.29. The Balaban J connectivity index is 1.76. The van der Waals surface area contributed by atoms with Crippen molar-refractivity contribution in [3.63, 3.8) is 0 Å². The Morgan fingerprint density at radius 2 is 1.84 bits per heavy atom. The van der Waals surface area contributed by atoms with E-state index in [0.29, 0.717) is 18.2 Å². The Bertz CT molecular complexity index is 824. The number of nitroso groups, excluding NO2 is 1.